The van der Waals surface area contributed by atoms with Crippen molar-refractivity contribution in [2.45, 2.75) is 45.7 Å². The maximum atomic E-state index is 13.0. The summed E-state index contributed by atoms with van der Waals surface area (Å²) in [7, 11) is 1.60. The molecule has 1 saturated heterocycles. The van der Waals surface area contributed by atoms with Gasteiger partial charge < -0.3 is 9.72 Å². The monoisotopic (exact) mass is 334 g/mol. The molecule has 0 bridgehead atoms. The molecule has 1 aromatic heterocycles. The van der Waals surface area contributed by atoms with Gasteiger partial charge in [-0.05, 0) is 45.4 Å². The van der Waals surface area contributed by atoms with E-state index in [4.69, 9.17) is 16.3 Å². The van der Waals surface area contributed by atoms with E-state index < -0.39 is 0 Å². The second-order valence-electron chi connectivity index (χ2n) is 6.37. The SMILES string of the molecule is COc1ccc(Cl)c2c(=O)c(CN3CCCC[C@@H]3C)c(C)[nH]c12. The number of pyridine rings is 1. The van der Waals surface area contributed by atoms with Crippen LogP contribution < -0.4 is 10.2 Å². The summed E-state index contributed by atoms with van der Waals surface area (Å²) in [5, 5.41) is 0.992. The highest BCUT2D eigenvalue weighted by Gasteiger charge is 2.22. The van der Waals surface area contributed by atoms with E-state index in [1.807, 2.05) is 6.92 Å². The Morgan fingerprint density at radius 2 is 2.17 bits per heavy atom. The number of piperidine rings is 1. The van der Waals surface area contributed by atoms with E-state index in [0.29, 0.717) is 34.3 Å². The van der Waals surface area contributed by atoms with Gasteiger partial charge in [0.05, 0.1) is 23.0 Å². The number of hydrogen-bond donors (Lipinski definition) is 1. The van der Waals surface area contributed by atoms with Crippen molar-refractivity contribution in [3.05, 3.63) is 38.6 Å². The number of fused-ring (bicyclic) bond motifs is 1. The van der Waals surface area contributed by atoms with Gasteiger partial charge in [-0.2, -0.15) is 0 Å². The molecule has 4 nitrogen and oxygen atoms in total. The summed E-state index contributed by atoms with van der Waals surface area (Å²) in [6, 6.07) is 4.02. The molecule has 0 radical (unpaired) electrons. The number of rotatable bonds is 3. The lowest BCUT2D eigenvalue weighted by atomic mass is 10.0. The molecular weight excluding hydrogens is 312 g/mol. The highest BCUT2D eigenvalue weighted by atomic mass is 35.5. The molecule has 0 saturated carbocycles. The number of nitrogens with one attached hydrogen (secondary N) is 1. The molecule has 0 spiro atoms. The van der Waals surface area contributed by atoms with Gasteiger partial charge in [0, 0.05) is 23.8 Å². The number of benzene rings is 1. The first-order valence-corrected chi connectivity index (χ1v) is 8.52. The summed E-state index contributed by atoms with van der Waals surface area (Å²) in [6.07, 6.45) is 3.66. The molecule has 2 heterocycles. The topological polar surface area (TPSA) is 45.3 Å². The zero-order valence-electron chi connectivity index (χ0n) is 13.9. The smallest absolute Gasteiger partial charge is 0.195 e. The van der Waals surface area contributed by atoms with Crippen molar-refractivity contribution in [3.63, 3.8) is 0 Å². The molecule has 0 amide bonds. The van der Waals surface area contributed by atoms with Gasteiger partial charge in [0.1, 0.15) is 5.75 Å². The fraction of sp³-hybridized carbons (Fsp3) is 0.500. The predicted octanol–water partition coefficient (Wildman–Crippen LogP) is 3.87. The van der Waals surface area contributed by atoms with Gasteiger partial charge in [-0.3, -0.25) is 9.69 Å². The second-order valence-corrected chi connectivity index (χ2v) is 6.78. The van der Waals surface area contributed by atoms with Gasteiger partial charge in [-0.25, -0.2) is 0 Å². The molecule has 1 aromatic carbocycles. The summed E-state index contributed by atoms with van der Waals surface area (Å²) in [4.78, 5) is 18.7. The molecular formula is C18H23ClN2O2. The molecule has 1 atom stereocenters. The fourth-order valence-corrected chi connectivity index (χ4v) is 3.69. The van der Waals surface area contributed by atoms with Crippen molar-refractivity contribution < 1.29 is 4.74 Å². The maximum Gasteiger partial charge on any atom is 0.195 e. The van der Waals surface area contributed by atoms with E-state index in [-0.39, 0.29) is 5.43 Å². The van der Waals surface area contributed by atoms with Gasteiger partial charge in [0.2, 0.25) is 0 Å². The number of aryl methyl sites for hydroxylation is 1. The van der Waals surface area contributed by atoms with E-state index in [1.54, 1.807) is 19.2 Å². The first-order chi connectivity index (χ1) is 11.0. The number of ether oxygens (including phenoxy) is 1. The predicted molar refractivity (Wildman–Crippen MR) is 94.6 cm³/mol. The highest BCUT2D eigenvalue weighted by molar-refractivity contribution is 6.35. The Morgan fingerprint density at radius 3 is 2.87 bits per heavy atom. The molecule has 2 aromatic rings. The lowest BCUT2D eigenvalue weighted by molar-refractivity contribution is 0.152. The van der Waals surface area contributed by atoms with Crippen LogP contribution >= 0.6 is 11.6 Å². The first-order valence-electron chi connectivity index (χ1n) is 8.15. The minimum Gasteiger partial charge on any atom is -0.495 e. The molecule has 5 heteroatoms. The minimum atomic E-state index is 0.0120. The third-order valence-electron chi connectivity index (χ3n) is 4.90. The number of hydrogen-bond acceptors (Lipinski definition) is 3. The summed E-state index contributed by atoms with van der Waals surface area (Å²) in [5.41, 5.74) is 2.39. The van der Waals surface area contributed by atoms with Crippen LogP contribution in [0.1, 0.15) is 37.4 Å². The van der Waals surface area contributed by atoms with Crippen LogP contribution in [0.15, 0.2) is 16.9 Å². The third kappa shape index (κ3) is 2.98. The van der Waals surface area contributed by atoms with Crippen LogP contribution in [0, 0.1) is 6.92 Å². The molecule has 1 N–H and O–H groups in total. The van der Waals surface area contributed by atoms with E-state index in [1.165, 1.54) is 19.3 Å². The maximum absolute atomic E-state index is 13.0. The molecule has 1 fully saturated rings. The second kappa shape index (κ2) is 6.54. The molecule has 124 valence electrons. The van der Waals surface area contributed by atoms with E-state index in [9.17, 15) is 4.79 Å². The van der Waals surface area contributed by atoms with Crippen LogP contribution in [-0.2, 0) is 6.54 Å². The van der Waals surface area contributed by atoms with E-state index in [2.05, 4.69) is 16.8 Å². The quantitative estimate of drug-likeness (QED) is 0.926. The summed E-state index contributed by atoms with van der Waals surface area (Å²) in [6.45, 7) is 5.90. The Labute approximate surface area is 141 Å². The van der Waals surface area contributed by atoms with Gasteiger partial charge in [0.25, 0.3) is 0 Å². The van der Waals surface area contributed by atoms with Crippen LogP contribution in [0.25, 0.3) is 10.9 Å². The largest absolute Gasteiger partial charge is 0.495 e. The standard InChI is InChI=1S/C18H23ClN2O2/c1-11-6-4-5-9-21(11)10-13-12(2)20-17-15(23-3)8-7-14(19)16(17)18(13)22/h7-8,11H,4-6,9-10H2,1-3H3,(H,20,22)/t11-/m0/s1. The summed E-state index contributed by atoms with van der Waals surface area (Å²) < 4.78 is 5.36. The number of nitrogens with zero attached hydrogens (tertiary/aromatic N) is 1. The normalized spacial score (nSPS) is 19.2. The van der Waals surface area contributed by atoms with Crippen LogP contribution in [0.2, 0.25) is 5.02 Å². The number of methoxy groups -OCH3 is 1. The van der Waals surface area contributed by atoms with Crippen molar-refractivity contribution in [2.24, 2.45) is 0 Å². The van der Waals surface area contributed by atoms with Crippen molar-refractivity contribution in [2.75, 3.05) is 13.7 Å². The molecule has 0 unspecified atom stereocenters. The Kier molecular flexibility index (Phi) is 4.64. The number of likely N-dealkylation sites (tertiary alicyclic amines) is 1. The number of aromatic amines is 1. The Bertz CT molecular complexity index is 785. The van der Waals surface area contributed by atoms with Crippen molar-refractivity contribution >= 4 is 22.5 Å². The molecule has 1 aliphatic rings. The average Bonchev–Trinajstić information content (AvgIpc) is 2.53. The van der Waals surface area contributed by atoms with Gasteiger partial charge in [0.15, 0.2) is 5.43 Å². The summed E-state index contributed by atoms with van der Waals surface area (Å²) >= 11 is 6.30. The Hall–Kier alpha value is -1.52. The van der Waals surface area contributed by atoms with Crippen molar-refractivity contribution in [1.82, 2.24) is 9.88 Å². The van der Waals surface area contributed by atoms with Crippen molar-refractivity contribution in [3.8, 4) is 5.75 Å². The lowest BCUT2D eigenvalue weighted by Gasteiger charge is -2.33. The van der Waals surface area contributed by atoms with Crippen molar-refractivity contribution in [1.29, 1.82) is 0 Å². The van der Waals surface area contributed by atoms with E-state index >= 15 is 0 Å². The fourth-order valence-electron chi connectivity index (χ4n) is 3.44. The van der Waals surface area contributed by atoms with Gasteiger partial charge in [-0.1, -0.05) is 18.0 Å². The van der Waals surface area contributed by atoms with Crippen LogP contribution in [0.4, 0.5) is 0 Å². The van der Waals surface area contributed by atoms with Crippen LogP contribution in [-0.4, -0.2) is 29.6 Å². The molecule has 3 rings (SSSR count). The van der Waals surface area contributed by atoms with Gasteiger partial charge >= 0.3 is 0 Å². The lowest BCUT2D eigenvalue weighted by Crippen LogP contribution is -2.38. The molecule has 1 aliphatic heterocycles. The minimum absolute atomic E-state index is 0.0120. The average molecular weight is 335 g/mol. The zero-order chi connectivity index (χ0) is 16.6. The van der Waals surface area contributed by atoms with E-state index in [0.717, 1.165) is 17.8 Å². The summed E-state index contributed by atoms with van der Waals surface area (Å²) in [5.74, 6) is 0.641. The molecule has 0 aliphatic carbocycles. The number of H-pyrrole nitrogens is 1. The van der Waals surface area contributed by atoms with Crippen LogP contribution in [0.5, 0.6) is 5.75 Å². The Balaban J connectivity index is 2.11. The first kappa shape index (κ1) is 16.3. The third-order valence-corrected chi connectivity index (χ3v) is 5.22. The number of halogens is 1. The zero-order valence-corrected chi connectivity index (χ0v) is 14.7. The highest BCUT2D eigenvalue weighted by Crippen LogP contribution is 2.29. The molecule has 23 heavy (non-hydrogen) atoms. The Morgan fingerprint density at radius 1 is 1.39 bits per heavy atom. The number of aromatic nitrogens is 1. The van der Waals surface area contributed by atoms with Crippen LogP contribution in [0.3, 0.4) is 0 Å². The van der Waals surface area contributed by atoms with Gasteiger partial charge in [-0.15, -0.1) is 0 Å².